The van der Waals surface area contributed by atoms with Gasteiger partial charge in [-0.3, -0.25) is 4.90 Å². The molecule has 1 N–H and O–H groups in total. The van der Waals surface area contributed by atoms with Gasteiger partial charge in [-0.2, -0.15) is 17.5 Å². The number of benzene rings is 2. The van der Waals surface area contributed by atoms with Crippen LogP contribution in [0.25, 0.3) is 11.1 Å². The normalized spacial score (nSPS) is 22.7. The van der Waals surface area contributed by atoms with Gasteiger partial charge in [0.1, 0.15) is 10.6 Å². The Balaban J connectivity index is 1.44. The van der Waals surface area contributed by atoms with E-state index in [2.05, 4.69) is 60.1 Å². The van der Waals surface area contributed by atoms with Crippen molar-refractivity contribution in [1.82, 2.24) is 14.2 Å². The van der Waals surface area contributed by atoms with E-state index in [1.165, 1.54) is 22.4 Å². The van der Waals surface area contributed by atoms with E-state index >= 15 is 0 Å². The molecule has 0 amide bonds. The summed E-state index contributed by atoms with van der Waals surface area (Å²) in [5, 5.41) is 10.3. The SMILES string of the molecule is Cc1cccc(-c2ccc([C@@H]3C(CO)N4CCCCN(S(=O)(=O)c5ccc(C(F)(F)F)nc5C)C[C@@H]34)cc2)c1C. The van der Waals surface area contributed by atoms with Crippen LogP contribution in [0.1, 0.15) is 46.8 Å². The quantitative estimate of drug-likeness (QED) is 0.448. The highest BCUT2D eigenvalue weighted by Gasteiger charge is 2.50. The average Bonchev–Trinajstić information content (AvgIpc) is 2.89. The number of hydrogen-bond donors (Lipinski definition) is 1. The molecule has 1 aromatic heterocycles. The fraction of sp³-hybridized carbons (Fsp3) is 0.433. The van der Waals surface area contributed by atoms with Crippen LogP contribution >= 0.6 is 0 Å². The first-order chi connectivity index (χ1) is 18.9. The molecule has 10 heteroatoms. The third-order valence-electron chi connectivity index (χ3n) is 8.49. The Bertz CT molecular complexity index is 1490. The number of hydrogen-bond acceptors (Lipinski definition) is 5. The number of halogens is 3. The lowest BCUT2D eigenvalue weighted by molar-refractivity contribution is -0.141. The maximum absolute atomic E-state index is 13.7. The molecule has 6 nitrogen and oxygen atoms in total. The maximum Gasteiger partial charge on any atom is 0.433 e. The van der Waals surface area contributed by atoms with Crippen LogP contribution < -0.4 is 0 Å². The minimum atomic E-state index is -4.65. The van der Waals surface area contributed by atoms with E-state index in [4.69, 9.17) is 0 Å². The fourth-order valence-electron chi connectivity index (χ4n) is 6.19. The van der Waals surface area contributed by atoms with Gasteiger partial charge in [0.05, 0.1) is 12.3 Å². The highest BCUT2D eigenvalue weighted by atomic mass is 32.2. The van der Waals surface area contributed by atoms with Crippen LogP contribution in [0.2, 0.25) is 0 Å². The van der Waals surface area contributed by atoms with Crippen LogP contribution in [-0.2, 0) is 16.2 Å². The van der Waals surface area contributed by atoms with Gasteiger partial charge in [0.15, 0.2) is 0 Å². The summed E-state index contributed by atoms with van der Waals surface area (Å²) in [7, 11) is -4.08. The Labute approximate surface area is 233 Å². The molecule has 3 heterocycles. The zero-order valence-corrected chi connectivity index (χ0v) is 23.6. The van der Waals surface area contributed by atoms with E-state index in [-0.39, 0.29) is 48.3 Å². The topological polar surface area (TPSA) is 73.7 Å². The van der Waals surface area contributed by atoms with E-state index in [1.54, 1.807) is 0 Å². The van der Waals surface area contributed by atoms with Crippen molar-refractivity contribution in [2.45, 2.75) is 62.7 Å². The lowest BCUT2D eigenvalue weighted by Crippen LogP contribution is -2.67. The van der Waals surface area contributed by atoms with Crippen LogP contribution in [-0.4, -0.2) is 66.0 Å². The summed E-state index contributed by atoms with van der Waals surface area (Å²) >= 11 is 0. The number of sulfonamides is 1. The standard InChI is InChI=1S/C30H34F3N3O3S/c1-19-7-6-8-24(20(19)2)22-9-11-23(12-10-22)29-25-17-35(15-4-5-16-36(25)26(29)18-37)40(38,39)27-13-14-28(30(31,32)33)34-21(27)3/h6-14,25-26,29,37H,4-5,15-18H2,1-3H3/t25-,26?,29-/m0/s1. The fourth-order valence-corrected chi connectivity index (χ4v) is 7.85. The lowest BCUT2D eigenvalue weighted by atomic mass is 9.74. The second kappa shape index (κ2) is 10.9. The molecular formula is C30H34F3N3O3S. The van der Waals surface area contributed by atoms with Gasteiger partial charge in [0, 0.05) is 31.1 Å². The molecule has 2 saturated heterocycles. The summed E-state index contributed by atoms with van der Waals surface area (Å²) in [5.74, 6) is -0.0831. The summed E-state index contributed by atoms with van der Waals surface area (Å²) in [4.78, 5) is 5.51. The van der Waals surface area contributed by atoms with E-state index < -0.39 is 21.9 Å². The molecule has 0 radical (unpaired) electrons. The number of pyridine rings is 1. The summed E-state index contributed by atoms with van der Waals surface area (Å²) in [5.41, 5.74) is 4.42. The Morgan fingerprint density at radius 3 is 2.33 bits per heavy atom. The zero-order valence-electron chi connectivity index (χ0n) is 22.8. The molecule has 3 aromatic rings. The van der Waals surface area contributed by atoms with Crippen molar-refractivity contribution in [2.24, 2.45) is 0 Å². The van der Waals surface area contributed by atoms with Crippen LogP contribution in [0.15, 0.2) is 59.5 Å². The summed E-state index contributed by atoms with van der Waals surface area (Å²) < 4.78 is 68.2. The van der Waals surface area contributed by atoms with Crippen molar-refractivity contribution in [1.29, 1.82) is 0 Å². The van der Waals surface area contributed by atoms with Gasteiger partial charge >= 0.3 is 6.18 Å². The molecule has 3 atom stereocenters. The number of aryl methyl sites for hydroxylation is 2. The van der Waals surface area contributed by atoms with Crippen molar-refractivity contribution in [3.63, 3.8) is 0 Å². The van der Waals surface area contributed by atoms with Crippen LogP contribution in [0, 0.1) is 20.8 Å². The van der Waals surface area contributed by atoms with Crippen molar-refractivity contribution in [2.75, 3.05) is 26.2 Å². The number of aliphatic hydroxyl groups excluding tert-OH is 1. The Morgan fingerprint density at radius 1 is 0.975 bits per heavy atom. The second-order valence-corrected chi connectivity index (χ2v) is 12.7. The molecule has 2 fully saturated rings. The molecule has 0 saturated carbocycles. The zero-order chi connectivity index (χ0) is 28.8. The van der Waals surface area contributed by atoms with Crippen LogP contribution in [0.4, 0.5) is 13.2 Å². The minimum Gasteiger partial charge on any atom is -0.395 e. The number of fused-ring (bicyclic) bond motifs is 1. The Hall–Kier alpha value is -2.79. The van der Waals surface area contributed by atoms with Gasteiger partial charge in [0.25, 0.3) is 0 Å². The third kappa shape index (κ3) is 5.18. The first kappa shape index (κ1) is 28.7. The van der Waals surface area contributed by atoms with Crippen molar-refractivity contribution in [3.8, 4) is 11.1 Å². The molecule has 0 spiro atoms. The van der Waals surface area contributed by atoms with Gasteiger partial charge in [-0.15, -0.1) is 0 Å². The van der Waals surface area contributed by atoms with E-state index in [9.17, 15) is 26.7 Å². The Morgan fingerprint density at radius 2 is 1.68 bits per heavy atom. The number of rotatable bonds is 5. The van der Waals surface area contributed by atoms with E-state index in [0.29, 0.717) is 6.42 Å². The summed E-state index contributed by atoms with van der Waals surface area (Å²) in [6, 6.07) is 15.9. The third-order valence-corrected chi connectivity index (χ3v) is 10.5. The smallest absolute Gasteiger partial charge is 0.395 e. The molecule has 40 heavy (non-hydrogen) atoms. The largest absolute Gasteiger partial charge is 0.433 e. The van der Waals surface area contributed by atoms with E-state index in [0.717, 1.165) is 41.8 Å². The molecule has 214 valence electrons. The van der Waals surface area contributed by atoms with Crippen LogP contribution in [0.3, 0.4) is 0 Å². The molecule has 0 aliphatic carbocycles. The molecule has 2 aliphatic heterocycles. The average molecular weight is 574 g/mol. The monoisotopic (exact) mass is 573 g/mol. The van der Waals surface area contributed by atoms with Crippen LogP contribution in [0.5, 0.6) is 0 Å². The highest BCUT2D eigenvalue weighted by molar-refractivity contribution is 7.89. The van der Waals surface area contributed by atoms with E-state index in [1.807, 2.05) is 6.07 Å². The lowest BCUT2D eigenvalue weighted by Gasteiger charge is -2.57. The highest BCUT2D eigenvalue weighted by Crippen LogP contribution is 2.43. The van der Waals surface area contributed by atoms with Gasteiger partial charge in [-0.05, 0) is 80.1 Å². The summed E-state index contributed by atoms with van der Waals surface area (Å²) in [6.45, 7) is 6.64. The number of nitrogens with zero attached hydrogens (tertiary/aromatic N) is 3. The van der Waals surface area contributed by atoms with Gasteiger partial charge in [0.2, 0.25) is 10.0 Å². The molecular weight excluding hydrogens is 539 g/mol. The van der Waals surface area contributed by atoms with Gasteiger partial charge in [-0.25, -0.2) is 13.4 Å². The van der Waals surface area contributed by atoms with Crippen molar-refractivity contribution >= 4 is 10.0 Å². The maximum atomic E-state index is 13.7. The first-order valence-electron chi connectivity index (χ1n) is 13.5. The molecule has 0 bridgehead atoms. The number of aliphatic hydroxyl groups is 1. The minimum absolute atomic E-state index is 0.0470. The number of aromatic nitrogens is 1. The van der Waals surface area contributed by atoms with Crippen molar-refractivity contribution < 1.29 is 26.7 Å². The second-order valence-electron chi connectivity index (χ2n) is 10.8. The number of alkyl halides is 3. The summed E-state index contributed by atoms with van der Waals surface area (Å²) in [6.07, 6.45) is -3.29. The Kier molecular flexibility index (Phi) is 7.82. The molecule has 5 rings (SSSR count). The first-order valence-corrected chi connectivity index (χ1v) is 15.0. The van der Waals surface area contributed by atoms with Crippen molar-refractivity contribution in [3.05, 3.63) is 82.7 Å². The molecule has 2 aliphatic rings. The van der Waals surface area contributed by atoms with Gasteiger partial charge < -0.3 is 5.11 Å². The predicted octanol–water partition coefficient (Wildman–Crippen LogP) is 5.31. The predicted molar refractivity (Wildman–Crippen MR) is 147 cm³/mol. The van der Waals surface area contributed by atoms with Gasteiger partial charge in [-0.1, -0.05) is 42.5 Å². The molecule has 1 unspecified atom stereocenters. The molecule has 2 aromatic carbocycles.